The molecule has 2 aromatic carbocycles. The summed E-state index contributed by atoms with van der Waals surface area (Å²) in [5.74, 6) is -4.74. The number of aryl methyl sites for hydroxylation is 2. The summed E-state index contributed by atoms with van der Waals surface area (Å²) in [5, 5.41) is 2.07. The topological polar surface area (TPSA) is 12.9 Å². The number of hydrogen-bond acceptors (Lipinski definition) is 1. The highest BCUT2D eigenvalue weighted by molar-refractivity contribution is 5.95. The van der Waals surface area contributed by atoms with E-state index in [-0.39, 0.29) is 18.8 Å². The lowest BCUT2D eigenvalue weighted by Gasteiger charge is -2.36. The minimum atomic E-state index is -5.27. The Labute approximate surface area is 188 Å². The first kappa shape index (κ1) is 23.6. The third-order valence-corrected chi connectivity index (χ3v) is 6.71. The number of benzene rings is 2. The number of halogens is 6. The van der Waals surface area contributed by atoms with Gasteiger partial charge in [0.2, 0.25) is 0 Å². The van der Waals surface area contributed by atoms with Gasteiger partial charge in [0.1, 0.15) is 0 Å². The van der Waals surface area contributed by atoms with Crippen molar-refractivity contribution in [1.29, 1.82) is 0 Å². The van der Waals surface area contributed by atoms with Crippen molar-refractivity contribution in [3.8, 4) is 11.3 Å². The molecule has 1 aromatic heterocycles. The summed E-state index contributed by atoms with van der Waals surface area (Å²) in [4.78, 5) is 4.57. The Morgan fingerprint density at radius 3 is 2.09 bits per heavy atom. The van der Waals surface area contributed by atoms with E-state index in [4.69, 9.17) is 0 Å². The maximum Gasteiger partial charge on any atom is 0.400 e. The van der Waals surface area contributed by atoms with Crippen molar-refractivity contribution in [2.24, 2.45) is 11.8 Å². The molecule has 3 aromatic rings. The van der Waals surface area contributed by atoms with Crippen LogP contribution in [0.4, 0.5) is 26.3 Å². The number of alkyl halides is 6. The molecule has 0 spiro atoms. The zero-order valence-corrected chi connectivity index (χ0v) is 18.4. The van der Waals surface area contributed by atoms with Crippen LogP contribution < -0.4 is 0 Å². The Balaban J connectivity index is 1.60. The fourth-order valence-corrected chi connectivity index (χ4v) is 5.22. The summed E-state index contributed by atoms with van der Waals surface area (Å²) >= 11 is 0. The average Bonchev–Trinajstić information content (AvgIpc) is 2.71. The SMILES string of the molecule is Cc1cc(-c2nccc3cc(C)ccc23)cc(C2CCC(C(C(F)(F)F)C(F)(F)F)CC2)c1. The number of rotatable bonds is 3. The van der Waals surface area contributed by atoms with Crippen molar-refractivity contribution in [3.63, 3.8) is 0 Å². The first-order valence-corrected chi connectivity index (χ1v) is 11.0. The molecule has 1 fully saturated rings. The van der Waals surface area contributed by atoms with Crippen molar-refractivity contribution in [1.82, 2.24) is 4.98 Å². The van der Waals surface area contributed by atoms with Gasteiger partial charge in [0.25, 0.3) is 0 Å². The number of hydrogen-bond donors (Lipinski definition) is 0. The number of pyridine rings is 1. The fourth-order valence-electron chi connectivity index (χ4n) is 5.22. The molecular weight excluding hydrogens is 440 g/mol. The largest absolute Gasteiger partial charge is 0.400 e. The second-order valence-electron chi connectivity index (χ2n) is 9.19. The molecule has 1 saturated carbocycles. The van der Waals surface area contributed by atoms with Crippen LogP contribution in [0.2, 0.25) is 0 Å². The summed E-state index contributed by atoms with van der Waals surface area (Å²) in [6.07, 6.45) is -8.38. The smallest absolute Gasteiger partial charge is 0.256 e. The second-order valence-corrected chi connectivity index (χ2v) is 9.19. The highest BCUT2D eigenvalue weighted by atomic mass is 19.4. The zero-order valence-electron chi connectivity index (χ0n) is 18.4. The van der Waals surface area contributed by atoms with Crippen molar-refractivity contribution >= 4 is 10.8 Å². The van der Waals surface area contributed by atoms with Crippen molar-refractivity contribution in [2.45, 2.75) is 57.8 Å². The normalized spacial score (nSPS) is 19.9. The van der Waals surface area contributed by atoms with Gasteiger partial charge >= 0.3 is 12.4 Å². The lowest BCUT2D eigenvalue weighted by Crippen LogP contribution is -2.43. The molecule has 1 nitrogen and oxygen atoms in total. The van der Waals surface area contributed by atoms with Crippen LogP contribution in [-0.4, -0.2) is 17.3 Å². The lowest BCUT2D eigenvalue weighted by atomic mass is 9.73. The molecule has 7 heteroatoms. The summed E-state index contributed by atoms with van der Waals surface area (Å²) in [6, 6.07) is 14.1. The van der Waals surface area contributed by atoms with E-state index in [0.717, 1.165) is 38.7 Å². The predicted octanol–water partition coefficient (Wildman–Crippen LogP) is 8.53. The van der Waals surface area contributed by atoms with E-state index in [1.165, 1.54) is 0 Å². The van der Waals surface area contributed by atoms with Crippen LogP contribution in [0, 0.1) is 25.7 Å². The molecule has 0 aliphatic heterocycles. The third kappa shape index (κ3) is 5.02. The van der Waals surface area contributed by atoms with Crippen LogP contribution >= 0.6 is 0 Å². The van der Waals surface area contributed by atoms with Crippen LogP contribution in [0.1, 0.15) is 48.3 Å². The highest BCUT2D eigenvalue weighted by Gasteiger charge is 2.60. The third-order valence-electron chi connectivity index (χ3n) is 6.71. The van der Waals surface area contributed by atoms with Gasteiger partial charge < -0.3 is 0 Å². The molecule has 0 radical (unpaired) electrons. The van der Waals surface area contributed by atoms with Crippen molar-refractivity contribution < 1.29 is 26.3 Å². The van der Waals surface area contributed by atoms with E-state index >= 15 is 0 Å². The van der Waals surface area contributed by atoms with Gasteiger partial charge in [-0.25, -0.2) is 0 Å². The summed E-state index contributed by atoms with van der Waals surface area (Å²) in [5.41, 5.74) is 4.80. The van der Waals surface area contributed by atoms with Gasteiger partial charge in [-0.05, 0) is 80.5 Å². The molecule has 1 aliphatic rings. The van der Waals surface area contributed by atoms with Crippen LogP contribution in [0.5, 0.6) is 0 Å². The summed E-state index contributed by atoms with van der Waals surface area (Å²) in [6.45, 7) is 3.96. The molecule has 0 atom stereocenters. The highest BCUT2D eigenvalue weighted by Crippen LogP contribution is 2.50. The van der Waals surface area contributed by atoms with Gasteiger partial charge in [0.05, 0.1) is 5.69 Å². The van der Waals surface area contributed by atoms with Gasteiger partial charge in [-0.2, -0.15) is 26.3 Å². The van der Waals surface area contributed by atoms with Crippen LogP contribution in [0.25, 0.3) is 22.0 Å². The van der Waals surface area contributed by atoms with Gasteiger partial charge in [-0.15, -0.1) is 0 Å². The van der Waals surface area contributed by atoms with E-state index < -0.39 is 24.2 Å². The molecule has 4 rings (SSSR count). The van der Waals surface area contributed by atoms with E-state index in [2.05, 4.69) is 11.1 Å². The Kier molecular flexibility index (Phi) is 6.18. The molecule has 0 bridgehead atoms. The number of nitrogens with zero attached hydrogens (tertiary/aromatic N) is 1. The van der Waals surface area contributed by atoms with E-state index in [1.54, 1.807) is 6.20 Å². The van der Waals surface area contributed by atoms with Gasteiger partial charge in [-0.1, -0.05) is 35.4 Å². The molecule has 1 aliphatic carbocycles. The van der Waals surface area contributed by atoms with Gasteiger partial charge in [0, 0.05) is 17.1 Å². The van der Waals surface area contributed by atoms with Crippen LogP contribution in [-0.2, 0) is 0 Å². The maximum absolute atomic E-state index is 13.1. The molecule has 0 unspecified atom stereocenters. The number of aromatic nitrogens is 1. The molecule has 176 valence electrons. The lowest BCUT2D eigenvalue weighted by molar-refractivity contribution is -0.301. The summed E-state index contributed by atoms with van der Waals surface area (Å²) in [7, 11) is 0. The number of fused-ring (bicyclic) bond motifs is 1. The first-order chi connectivity index (χ1) is 15.4. The first-order valence-electron chi connectivity index (χ1n) is 11.0. The minimum absolute atomic E-state index is 0.0701. The van der Waals surface area contributed by atoms with E-state index in [1.807, 2.05) is 50.2 Å². The Hall–Kier alpha value is -2.57. The monoisotopic (exact) mass is 465 g/mol. The second kappa shape index (κ2) is 8.65. The standard InChI is InChI=1S/C26H25F6N/c1-15-3-8-22-19(11-15)9-10-33-23(22)21-13-16(2)12-20(14-21)17-4-6-18(7-5-17)24(25(27,28)29)26(30,31)32/h3,8-14,17-18,24H,4-7H2,1-2H3. The van der Waals surface area contributed by atoms with Gasteiger partial charge in [-0.3, -0.25) is 4.98 Å². The van der Waals surface area contributed by atoms with Crippen molar-refractivity contribution in [2.75, 3.05) is 0 Å². The molecule has 1 heterocycles. The molecule has 0 saturated heterocycles. The Bertz CT molecular complexity index is 1130. The molecular formula is C26H25F6N. The van der Waals surface area contributed by atoms with Gasteiger partial charge in [0.15, 0.2) is 5.92 Å². The fraction of sp³-hybridized carbons (Fsp3) is 0.423. The summed E-state index contributed by atoms with van der Waals surface area (Å²) < 4.78 is 78.8. The molecule has 33 heavy (non-hydrogen) atoms. The average molecular weight is 465 g/mol. The quantitative estimate of drug-likeness (QED) is 0.353. The molecule has 0 N–H and O–H groups in total. The maximum atomic E-state index is 13.1. The van der Waals surface area contributed by atoms with Crippen LogP contribution in [0.3, 0.4) is 0 Å². The van der Waals surface area contributed by atoms with E-state index in [9.17, 15) is 26.3 Å². The predicted molar refractivity (Wildman–Crippen MR) is 117 cm³/mol. The Morgan fingerprint density at radius 1 is 0.788 bits per heavy atom. The van der Waals surface area contributed by atoms with Crippen molar-refractivity contribution in [3.05, 3.63) is 65.4 Å². The minimum Gasteiger partial charge on any atom is -0.256 e. The zero-order chi connectivity index (χ0) is 24.0. The van der Waals surface area contributed by atoms with E-state index in [0.29, 0.717) is 12.8 Å². The molecule has 0 amide bonds. The Morgan fingerprint density at radius 2 is 1.45 bits per heavy atom. The van der Waals surface area contributed by atoms with Crippen LogP contribution in [0.15, 0.2) is 48.7 Å².